The van der Waals surface area contributed by atoms with E-state index in [1.165, 1.54) is 0 Å². The fourth-order valence-corrected chi connectivity index (χ4v) is 5.14. The Morgan fingerprint density at radius 1 is 1.24 bits per heavy atom. The summed E-state index contributed by atoms with van der Waals surface area (Å²) >= 11 is 0. The zero-order valence-corrected chi connectivity index (χ0v) is 13.3. The summed E-state index contributed by atoms with van der Waals surface area (Å²) in [4.78, 5) is 12.5. The lowest BCUT2D eigenvalue weighted by atomic mass is 9.68. The Morgan fingerprint density at radius 2 is 1.90 bits per heavy atom. The monoisotopic (exact) mass is 292 g/mol. The first-order valence-corrected chi connectivity index (χ1v) is 8.24. The fraction of sp³-hybridized carbons (Fsp3) is 0.824. The SMILES string of the molecule is CC1(C)CC(=O)C2=C(C1)O[C@]1(O)C3CC[N+](C)(CC3)[C@H]1C2. The highest BCUT2D eigenvalue weighted by atomic mass is 16.6. The minimum Gasteiger partial charge on any atom is -0.460 e. The summed E-state index contributed by atoms with van der Waals surface area (Å²) in [5.74, 6) is 0.210. The topological polar surface area (TPSA) is 46.5 Å². The molecular formula is C17H26NO3+. The number of carbonyl (C=O) groups is 1. The lowest BCUT2D eigenvalue weighted by molar-refractivity contribution is -0.963. The van der Waals surface area contributed by atoms with Gasteiger partial charge < -0.3 is 14.3 Å². The summed E-state index contributed by atoms with van der Waals surface area (Å²) < 4.78 is 7.05. The van der Waals surface area contributed by atoms with Crippen LogP contribution in [0.1, 0.15) is 46.0 Å². The van der Waals surface area contributed by atoms with E-state index in [2.05, 4.69) is 20.9 Å². The highest BCUT2D eigenvalue weighted by Crippen LogP contribution is 2.53. The number of nitrogens with zero attached hydrogens (tertiary/aromatic N) is 1. The molecule has 0 unspecified atom stereocenters. The summed E-state index contributed by atoms with van der Waals surface area (Å²) in [7, 11) is 2.22. The third-order valence-corrected chi connectivity index (χ3v) is 6.43. The van der Waals surface area contributed by atoms with Crippen LogP contribution in [0.3, 0.4) is 0 Å². The second-order valence-corrected chi connectivity index (χ2v) is 8.62. The van der Waals surface area contributed by atoms with Crippen molar-refractivity contribution in [1.29, 1.82) is 0 Å². The molecule has 4 nitrogen and oxygen atoms in total. The van der Waals surface area contributed by atoms with E-state index >= 15 is 0 Å². The molecule has 21 heavy (non-hydrogen) atoms. The van der Waals surface area contributed by atoms with E-state index < -0.39 is 5.79 Å². The number of Topliss-reactive ketones (excluding diaryl/α,β-unsaturated/α-hetero) is 1. The maximum atomic E-state index is 12.5. The Bertz CT molecular complexity index is 542. The Hall–Kier alpha value is -0.870. The third-order valence-electron chi connectivity index (χ3n) is 6.43. The molecule has 0 aromatic heterocycles. The quantitative estimate of drug-likeness (QED) is 0.694. The van der Waals surface area contributed by atoms with Crippen molar-refractivity contribution in [3.8, 4) is 0 Å². The lowest BCUT2D eigenvalue weighted by Gasteiger charge is -2.61. The molecule has 5 aliphatic rings. The van der Waals surface area contributed by atoms with Crippen molar-refractivity contribution < 1.29 is 19.1 Å². The van der Waals surface area contributed by atoms with Gasteiger partial charge in [0, 0.05) is 43.6 Å². The van der Waals surface area contributed by atoms with Gasteiger partial charge in [-0.05, 0) is 5.41 Å². The zero-order valence-electron chi connectivity index (χ0n) is 13.3. The molecule has 2 bridgehead atoms. The van der Waals surface area contributed by atoms with Gasteiger partial charge >= 0.3 is 0 Å². The van der Waals surface area contributed by atoms with E-state index in [0.717, 1.165) is 48.2 Å². The molecule has 4 heterocycles. The highest BCUT2D eigenvalue weighted by Gasteiger charge is 2.65. The molecule has 3 saturated heterocycles. The van der Waals surface area contributed by atoms with E-state index in [1.807, 2.05) is 0 Å². The van der Waals surface area contributed by atoms with Crippen molar-refractivity contribution in [3.63, 3.8) is 0 Å². The molecular weight excluding hydrogens is 266 g/mol. The van der Waals surface area contributed by atoms with E-state index in [1.54, 1.807) is 0 Å². The molecule has 4 heteroatoms. The normalized spacial score (nSPS) is 47.7. The number of rotatable bonds is 0. The number of allylic oxidation sites excluding steroid dienone is 1. The standard InChI is InChI=1S/C17H26NO3/c1-16(2)9-13(19)12-8-15-17(20,21-14(12)10-16)11-4-6-18(15,3)7-5-11/h11,15,20H,4-10H2,1-3H3/q+1/t11?,15-,17+,18?/m0/s1. The number of carbonyl (C=O) groups excluding carboxylic acids is 1. The largest absolute Gasteiger partial charge is 0.460 e. The number of ether oxygens (including phenoxy) is 1. The number of ketones is 1. The van der Waals surface area contributed by atoms with E-state index in [-0.39, 0.29) is 23.2 Å². The van der Waals surface area contributed by atoms with Crippen molar-refractivity contribution in [2.24, 2.45) is 11.3 Å². The number of hydrogen-bond acceptors (Lipinski definition) is 3. The molecule has 0 aromatic rings. The van der Waals surface area contributed by atoms with Crippen LogP contribution in [0.5, 0.6) is 0 Å². The second kappa shape index (κ2) is 3.90. The highest BCUT2D eigenvalue weighted by molar-refractivity contribution is 5.97. The number of piperidine rings is 3. The van der Waals surface area contributed by atoms with Gasteiger partial charge in [0.05, 0.1) is 20.1 Å². The maximum absolute atomic E-state index is 12.5. The van der Waals surface area contributed by atoms with Gasteiger partial charge in [-0.2, -0.15) is 0 Å². The second-order valence-electron chi connectivity index (χ2n) is 8.62. The third kappa shape index (κ3) is 1.78. The van der Waals surface area contributed by atoms with Crippen LogP contribution < -0.4 is 0 Å². The number of quaternary nitrogens is 1. The fourth-order valence-electron chi connectivity index (χ4n) is 5.14. The van der Waals surface area contributed by atoms with Crippen LogP contribution in [-0.2, 0) is 9.53 Å². The molecule has 116 valence electrons. The first kappa shape index (κ1) is 13.8. The molecule has 3 fully saturated rings. The summed E-state index contributed by atoms with van der Waals surface area (Å²) in [6.45, 7) is 6.42. The Labute approximate surface area is 126 Å². The summed E-state index contributed by atoms with van der Waals surface area (Å²) in [5.41, 5.74) is 0.821. The van der Waals surface area contributed by atoms with Crippen molar-refractivity contribution in [1.82, 2.24) is 0 Å². The maximum Gasteiger partial charge on any atom is 0.263 e. The van der Waals surface area contributed by atoms with Crippen LogP contribution in [0.25, 0.3) is 0 Å². The summed E-state index contributed by atoms with van der Waals surface area (Å²) in [6.07, 6.45) is 4.15. The predicted molar refractivity (Wildman–Crippen MR) is 78.1 cm³/mol. The average molecular weight is 292 g/mol. The van der Waals surface area contributed by atoms with Gasteiger partial charge in [0.2, 0.25) is 0 Å². The minimum absolute atomic E-state index is 0.0360. The van der Waals surface area contributed by atoms with E-state index in [0.29, 0.717) is 12.8 Å². The molecule has 0 spiro atoms. The number of likely N-dealkylation sites (N-methyl/N-ethyl adjacent to an activating group) is 1. The van der Waals surface area contributed by atoms with Crippen LogP contribution in [0.4, 0.5) is 0 Å². The van der Waals surface area contributed by atoms with Crippen molar-refractivity contribution in [3.05, 3.63) is 11.3 Å². The van der Waals surface area contributed by atoms with Crippen LogP contribution in [0.15, 0.2) is 11.3 Å². The molecule has 0 saturated carbocycles. The molecule has 5 rings (SSSR count). The Morgan fingerprint density at radius 3 is 2.57 bits per heavy atom. The molecule has 4 aliphatic heterocycles. The van der Waals surface area contributed by atoms with Crippen LogP contribution in [-0.4, -0.2) is 47.3 Å². The smallest absolute Gasteiger partial charge is 0.263 e. The van der Waals surface area contributed by atoms with Gasteiger partial charge in [0.25, 0.3) is 5.79 Å². The molecule has 1 aliphatic carbocycles. The summed E-state index contributed by atoms with van der Waals surface area (Å²) in [6, 6.07) is 0.0360. The molecule has 0 radical (unpaired) electrons. The van der Waals surface area contributed by atoms with Crippen molar-refractivity contribution in [2.45, 2.75) is 57.8 Å². The molecule has 0 aromatic carbocycles. The zero-order chi connectivity index (χ0) is 15.0. The number of aliphatic hydroxyl groups is 1. The minimum atomic E-state index is -1.04. The number of fused-ring (bicyclic) bond motifs is 2. The van der Waals surface area contributed by atoms with E-state index in [9.17, 15) is 9.90 Å². The first-order valence-electron chi connectivity index (χ1n) is 8.24. The van der Waals surface area contributed by atoms with Gasteiger partial charge in [-0.3, -0.25) is 4.79 Å². The van der Waals surface area contributed by atoms with Crippen LogP contribution in [0.2, 0.25) is 0 Å². The van der Waals surface area contributed by atoms with Gasteiger partial charge in [-0.1, -0.05) is 13.8 Å². The summed E-state index contributed by atoms with van der Waals surface area (Å²) in [5, 5.41) is 11.3. The molecule has 2 atom stereocenters. The predicted octanol–water partition coefficient (Wildman–Crippen LogP) is 1.98. The first-order chi connectivity index (χ1) is 9.74. The van der Waals surface area contributed by atoms with Gasteiger partial charge in [-0.15, -0.1) is 0 Å². The Kier molecular flexibility index (Phi) is 2.56. The molecule has 0 amide bonds. The van der Waals surface area contributed by atoms with Gasteiger partial charge in [0.15, 0.2) is 11.8 Å². The lowest BCUT2D eigenvalue weighted by Crippen LogP contribution is -2.75. The van der Waals surface area contributed by atoms with Gasteiger partial charge in [-0.25, -0.2) is 0 Å². The molecule has 1 N–H and O–H groups in total. The Balaban J connectivity index is 1.77. The van der Waals surface area contributed by atoms with E-state index in [4.69, 9.17) is 4.74 Å². The van der Waals surface area contributed by atoms with Crippen molar-refractivity contribution >= 4 is 5.78 Å². The number of hydrogen-bond donors (Lipinski definition) is 1. The average Bonchev–Trinajstić information content (AvgIpc) is 2.35. The van der Waals surface area contributed by atoms with Crippen LogP contribution in [0, 0.1) is 11.3 Å². The van der Waals surface area contributed by atoms with Gasteiger partial charge in [0.1, 0.15) is 5.76 Å². The van der Waals surface area contributed by atoms with Crippen molar-refractivity contribution in [2.75, 3.05) is 20.1 Å². The van der Waals surface area contributed by atoms with Crippen LogP contribution >= 0.6 is 0 Å².